The summed E-state index contributed by atoms with van der Waals surface area (Å²) in [6.45, 7) is 0.959. The van der Waals surface area contributed by atoms with Crippen molar-refractivity contribution in [3.8, 4) is 5.88 Å². The Hall–Kier alpha value is -2.78. The SMILES string of the molecule is CC(Cn1ccnc1)NC(=O)Nc1ccc(OCC(F)(F)F)nc1. The van der Waals surface area contributed by atoms with Gasteiger partial charge in [-0.15, -0.1) is 0 Å². The summed E-state index contributed by atoms with van der Waals surface area (Å²) < 4.78 is 42.4. The third kappa shape index (κ3) is 6.15. The minimum absolute atomic E-state index is 0.151. The summed E-state index contributed by atoms with van der Waals surface area (Å²) in [7, 11) is 0. The Kier molecular flexibility index (Phi) is 5.61. The van der Waals surface area contributed by atoms with Gasteiger partial charge >= 0.3 is 12.2 Å². The van der Waals surface area contributed by atoms with Gasteiger partial charge in [0.2, 0.25) is 5.88 Å². The summed E-state index contributed by atoms with van der Waals surface area (Å²) in [6.07, 6.45) is 1.84. The van der Waals surface area contributed by atoms with Crippen LogP contribution in [0.2, 0.25) is 0 Å². The highest BCUT2D eigenvalue weighted by molar-refractivity contribution is 5.89. The van der Waals surface area contributed by atoms with Gasteiger partial charge in [0, 0.05) is 31.0 Å². The monoisotopic (exact) mass is 343 g/mol. The van der Waals surface area contributed by atoms with Crippen LogP contribution >= 0.6 is 0 Å². The highest BCUT2D eigenvalue weighted by Gasteiger charge is 2.28. The first-order valence-electron chi connectivity index (χ1n) is 7.01. The van der Waals surface area contributed by atoms with Crippen LogP contribution in [0.15, 0.2) is 37.1 Å². The highest BCUT2D eigenvalue weighted by atomic mass is 19.4. The van der Waals surface area contributed by atoms with E-state index in [0.717, 1.165) is 0 Å². The molecule has 2 N–H and O–H groups in total. The quantitative estimate of drug-likeness (QED) is 0.844. The first kappa shape index (κ1) is 17.6. The Morgan fingerprint density at radius 2 is 2.21 bits per heavy atom. The molecule has 0 radical (unpaired) electrons. The topological polar surface area (TPSA) is 81.1 Å². The minimum Gasteiger partial charge on any atom is -0.468 e. The molecule has 0 aliphatic carbocycles. The van der Waals surface area contributed by atoms with Gasteiger partial charge < -0.3 is 19.9 Å². The van der Waals surface area contributed by atoms with Gasteiger partial charge in [0.15, 0.2) is 6.61 Å². The summed E-state index contributed by atoms with van der Waals surface area (Å²) in [5.41, 5.74) is 0.335. The van der Waals surface area contributed by atoms with Gasteiger partial charge in [0.05, 0.1) is 18.2 Å². The Morgan fingerprint density at radius 3 is 2.79 bits per heavy atom. The molecule has 0 aliphatic rings. The van der Waals surface area contributed by atoms with Gasteiger partial charge in [-0.3, -0.25) is 0 Å². The Balaban J connectivity index is 1.79. The lowest BCUT2D eigenvalue weighted by atomic mass is 10.3. The smallest absolute Gasteiger partial charge is 0.422 e. The zero-order chi connectivity index (χ0) is 17.6. The maximum Gasteiger partial charge on any atom is 0.422 e. The molecule has 24 heavy (non-hydrogen) atoms. The molecule has 2 amide bonds. The van der Waals surface area contributed by atoms with Crippen molar-refractivity contribution in [2.75, 3.05) is 11.9 Å². The Labute approximate surface area is 135 Å². The van der Waals surface area contributed by atoms with E-state index in [1.165, 1.54) is 18.3 Å². The molecule has 0 saturated heterocycles. The van der Waals surface area contributed by atoms with Gasteiger partial charge in [0.25, 0.3) is 0 Å². The number of amides is 2. The second-order valence-corrected chi connectivity index (χ2v) is 5.05. The van der Waals surface area contributed by atoms with Gasteiger partial charge in [-0.1, -0.05) is 0 Å². The molecule has 2 aromatic heterocycles. The number of aromatic nitrogens is 3. The first-order valence-corrected chi connectivity index (χ1v) is 7.01. The van der Waals surface area contributed by atoms with E-state index >= 15 is 0 Å². The lowest BCUT2D eigenvalue weighted by molar-refractivity contribution is -0.154. The normalized spacial score (nSPS) is 12.5. The number of imidazole rings is 1. The van der Waals surface area contributed by atoms with E-state index in [1.54, 1.807) is 18.7 Å². The predicted octanol–water partition coefficient (Wildman–Crippen LogP) is 2.43. The predicted molar refractivity (Wildman–Crippen MR) is 79.6 cm³/mol. The van der Waals surface area contributed by atoms with Crippen molar-refractivity contribution in [2.45, 2.75) is 25.7 Å². The summed E-state index contributed by atoms with van der Waals surface area (Å²) in [5, 5.41) is 5.26. The van der Waals surface area contributed by atoms with Crippen molar-refractivity contribution in [3.05, 3.63) is 37.1 Å². The number of anilines is 1. The van der Waals surface area contributed by atoms with E-state index in [9.17, 15) is 18.0 Å². The van der Waals surface area contributed by atoms with E-state index in [4.69, 9.17) is 0 Å². The fourth-order valence-corrected chi connectivity index (χ4v) is 1.84. The lowest BCUT2D eigenvalue weighted by Crippen LogP contribution is -2.38. The number of ether oxygens (including phenoxy) is 1. The molecule has 130 valence electrons. The van der Waals surface area contributed by atoms with Crippen molar-refractivity contribution in [1.82, 2.24) is 19.9 Å². The summed E-state index contributed by atoms with van der Waals surface area (Å²) in [5.74, 6) is -0.174. The van der Waals surface area contributed by atoms with Crippen molar-refractivity contribution < 1.29 is 22.7 Å². The standard InChI is InChI=1S/C14H16F3N5O2/c1-10(7-22-5-4-18-9-22)20-13(23)21-11-2-3-12(19-6-11)24-8-14(15,16)17/h2-6,9-10H,7-8H2,1H3,(H2,20,21,23). The molecular weight excluding hydrogens is 327 g/mol. The second kappa shape index (κ2) is 7.66. The van der Waals surface area contributed by atoms with Gasteiger partial charge in [-0.05, 0) is 13.0 Å². The number of nitrogens with one attached hydrogen (secondary N) is 2. The lowest BCUT2D eigenvalue weighted by Gasteiger charge is -2.15. The Morgan fingerprint density at radius 1 is 1.42 bits per heavy atom. The average Bonchev–Trinajstić information content (AvgIpc) is 2.98. The van der Waals surface area contributed by atoms with Crippen LogP contribution in [0.5, 0.6) is 5.88 Å². The van der Waals surface area contributed by atoms with E-state index in [0.29, 0.717) is 12.2 Å². The van der Waals surface area contributed by atoms with Crippen LogP contribution in [0.1, 0.15) is 6.92 Å². The number of rotatable bonds is 6. The number of carbonyl (C=O) groups excluding carboxylic acids is 1. The van der Waals surface area contributed by atoms with Crippen LogP contribution in [0, 0.1) is 0 Å². The zero-order valence-electron chi connectivity index (χ0n) is 12.7. The van der Waals surface area contributed by atoms with E-state index in [-0.39, 0.29) is 11.9 Å². The maximum absolute atomic E-state index is 12.0. The zero-order valence-corrected chi connectivity index (χ0v) is 12.7. The molecule has 2 aromatic rings. The molecule has 0 aromatic carbocycles. The van der Waals surface area contributed by atoms with Crippen LogP contribution in [-0.4, -0.2) is 39.4 Å². The van der Waals surface area contributed by atoms with Gasteiger partial charge in [-0.2, -0.15) is 13.2 Å². The number of nitrogens with zero attached hydrogens (tertiary/aromatic N) is 3. The summed E-state index contributed by atoms with van der Waals surface area (Å²) in [4.78, 5) is 19.4. The van der Waals surface area contributed by atoms with E-state index in [1.807, 2.05) is 11.5 Å². The third-order valence-electron chi connectivity index (χ3n) is 2.80. The van der Waals surface area contributed by atoms with Crippen molar-refractivity contribution in [3.63, 3.8) is 0 Å². The molecule has 7 nitrogen and oxygen atoms in total. The second-order valence-electron chi connectivity index (χ2n) is 5.05. The summed E-state index contributed by atoms with van der Waals surface area (Å²) >= 11 is 0. The molecule has 0 bridgehead atoms. The maximum atomic E-state index is 12.0. The van der Waals surface area contributed by atoms with Gasteiger partial charge in [0.1, 0.15) is 0 Å². The van der Waals surface area contributed by atoms with Crippen LogP contribution in [0.25, 0.3) is 0 Å². The number of hydrogen-bond donors (Lipinski definition) is 2. The molecule has 2 heterocycles. The van der Waals surface area contributed by atoms with Crippen LogP contribution < -0.4 is 15.4 Å². The van der Waals surface area contributed by atoms with Crippen molar-refractivity contribution in [2.24, 2.45) is 0 Å². The van der Waals surface area contributed by atoms with Crippen molar-refractivity contribution >= 4 is 11.7 Å². The van der Waals surface area contributed by atoms with Crippen LogP contribution in [0.3, 0.4) is 0 Å². The average molecular weight is 343 g/mol. The number of halogens is 3. The van der Waals surface area contributed by atoms with Crippen LogP contribution in [-0.2, 0) is 6.54 Å². The molecule has 1 unspecified atom stereocenters. The molecule has 10 heteroatoms. The van der Waals surface area contributed by atoms with E-state index < -0.39 is 18.8 Å². The van der Waals surface area contributed by atoms with E-state index in [2.05, 4.69) is 25.3 Å². The third-order valence-corrected chi connectivity index (χ3v) is 2.80. The molecule has 0 spiro atoms. The van der Waals surface area contributed by atoms with Gasteiger partial charge in [-0.25, -0.2) is 14.8 Å². The molecular formula is C14H16F3N5O2. The molecule has 1 atom stereocenters. The molecule has 0 fully saturated rings. The molecule has 2 rings (SSSR count). The number of carbonyl (C=O) groups is 1. The number of pyridine rings is 1. The van der Waals surface area contributed by atoms with Crippen LogP contribution in [0.4, 0.5) is 23.7 Å². The number of alkyl halides is 3. The fraction of sp³-hybridized carbons (Fsp3) is 0.357. The Bertz CT molecular complexity index is 643. The molecule has 0 aliphatic heterocycles. The first-order chi connectivity index (χ1) is 11.3. The fourth-order valence-electron chi connectivity index (χ4n) is 1.84. The molecule has 0 saturated carbocycles. The minimum atomic E-state index is -4.43. The summed E-state index contributed by atoms with van der Waals surface area (Å²) in [6, 6.07) is 2.05. The number of hydrogen-bond acceptors (Lipinski definition) is 4. The van der Waals surface area contributed by atoms with Crippen molar-refractivity contribution in [1.29, 1.82) is 0 Å². The largest absolute Gasteiger partial charge is 0.468 e. The number of urea groups is 1. The highest BCUT2D eigenvalue weighted by Crippen LogP contribution is 2.17.